The molecule has 10 aromatic carbocycles. The summed E-state index contributed by atoms with van der Waals surface area (Å²) in [6.07, 6.45) is 0. The van der Waals surface area contributed by atoms with Crippen LogP contribution >= 0.6 is 0 Å². The highest BCUT2D eigenvalue weighted by Gasteiger charge is 2.16. The van der Waals surface area contributed by atoms with Gasteiger partial charge in [-0.15, -0.1) is 0 Å². The second-order valence-electron chi connectivity index (χ2n) is 15.0. The number of fused-ring (bicyclic) bond motifs is 5. The van der Waals surface area contributed by atoms with Crippen LogP contribution in [0.1, 0.15) is 0 Å². The first kappa shape index (κ1) is 33.6. The van der Waals surface area contributed by atoms with Gasteiger partial charge in [0.15, 0.2) is 0 Å². The fraction of sp³-hybridized carbons (Fsp3) is 0. The molecule has 2 heteroatoms. The molecule has 1 aromatic heterocycles. The molecular weight excluding hydrogens is 701 g/mol. The van der Waals surface area contributed by atoms with Crippen molar-refractivity contribution in [1.82, 2.24) is 4.57 Å². The van der Waals surface area contributed by atoms with E-state index in [0.29, 0.717) is 0 Å². The van der Waals surface area contributed by atoms with E-state index in [1.165, 1.54) is 76.7 Å². The van der Waals surface area contributed by atoms with Crippen LogP contribution in [-0.2, 0) is 0 Å². The molecular formula is C56H38N2. The topological polar surface area (TPSA) is 8.17 Å². The standard InChI is InChI=1S/C56H38N2/c1-2-11-39(12-3-1)41-23-29-49(30-24-41)57(52-18-10-17-45(36-52)48-22-21-40-13-4-5-14-44(40)35-48)50-31-25-42(26-32-50)43-27-33-51(34-28-43)58-55-20-9-8-19-53(55)54-37-46-15-6-7-16-47(46)38-56(54)58/h1-38H. The Hall–Kier alpha value is -7.68. The van der Waals surface area contributed by atoms with Crippen LogP contribution in [0.5, 0.6) is 0 Å². The lowest BCUT2D eigenvalue weighted by atomic mass is 10.00. The minimum absolute atomic E-state index is 1.10. The number of para-hydroxylation sites is 1. The first-order valence-corrected chi connectivity index (χ1v) is 19.9. The average molecular weight is 739 g/mol. The first-order valence-electron chi connectivity index (χ1n) is 19.9. The third-order valence-corrected chi connectivity index (χ3v) is 11.5. The van der Waals surface area contributed by atoms with E-state index >= 15 is 0 Å². The average Bonchev–Trinajstić information content (AvgIpc) is 3.62. The number of benzene rings is 10. The normalized spacial score (nSPS) is 11.4. The van der Waals surface area contributed by atoms with E-state index in [1.807, 2.05) is 0 Å². The molecule has 11 rings (SSSR count). The van der Waals surface area contributed by atoms with Gasteiger partial charge in [0.25, 0.3) is 0 Å². The largest absolute Gasteiger partial charge is 0.310 e. The van der Waals surface area contributed by atoms with Crippen molar-refractivity contribution in [3.05, 3.63) is 231 Å². The molecule has 0 fully saturated rings. The highest BCUT2D eigenvalue weighted by molar-refractivity contribution is 6.13. The van der Waals surface area contributed by atoms with E-state index in [1.54, 1.807) is 0 Å². The third-order valence-electron chi connectivity index (χ3n) is 11.5. The van der Waals surface area contributed by atoms with Gasteiger partial charge in [-0.25, -0.2) is 0 Å². The zero-order valence-electron chi connectivity index (χ0n) is 31.8. The minimum atomic E-state index is 1.10. The molecule has 272 valence electrons. The number of anilines is 3. The van der Waals surface area contributed by atoms with Gasteiger partial charge in [-0.1, -0.05) is 158 Å². The van der Waals surface area contributed by atoms with Crippen LogP contribution in [-0.4, -0.2) is 4.57 Å². The molecule has 0 spiro atoms. The summed E-state index contributed by atoms with van der Waals surface area (Å²) in [4.78, 5) is 2.36. The maximum atomic E-state index is 2.40. The maximum Gasteiger partial charge on any atom is 0.0547 e. The smallest absolute Gasteiger partial charge is 0.0547 e. The summed E-state index contributed by atoms with van der Waals surface area (Å²) in [6, 6.07) is 83.7. The molecule has 0 unspecified atom stereocenters. The molecule has 1 heterocycles. The lowest BCUT2D eigenvalue weighted by Gasteiger charge is -2.26. The van der Waals surface area contributed by atoms with Gasteiger partial charge in [0.05, 0.1) is 11.0 Å². The lowest BCUT2D eigenvalue weighted by molar-refractivity contribution is 1.18. The highest BCUT2D eigenvalue weighted by Crippen LogP contribution is 2.40. The molecule has 0 radical (unpaired) electrons. The van der Waals surface area contributed by atoms with E-state index in [2.05, 4.69) is 240 Å². The van der Waals surface area contributed by atoms with Crippen LogP contribution in [0.25, 0.3) is 82.4 Å². The number of aromatic nitrogens is 1. The summed E-state index contributed by atoms with van der Waals surface area (Å²) >= 11 is 0. The van der Waals surface area contributed by atoms with Crippen molar-refractivity contribution in [3.8, 4) is 39.1 Å². The Kier molecular flexibility index (Phi) is 8.19. The third kappa shape index (κ3) is 6.00. The molecule has 0 amide bonds. The quantitative estimate of drug-likeness (QED) is 0.158. The monoisotopic (exact) mass is 738 g/mol. The van der Waals surface area contributed by atoms with Crippen LogP contribution < -0.4 is 4.90 Å². The summed E-state index contributed by atoms with van der Waals surface area (Å²) in [6.45, 7) is 0. The van der Waals surface area contributed by atoms with Crippen LogP contribution in [0.3, 0.4) is 0 Å². The van der Waals surface area contributed by atoms with Gasteiger partial charge in [-0.2, -0.15) is 0 Å². The Bertz CT molecular complexity index is 3250. The van der Waals surface area contributed by atoms with E-state index in [-0.39, 0.29) is 0 Å². The highest BCUT2D eigenvalue weighted by atomic mass is 15.1. The number of rotatable bonds is 7. The van der Waals surface area contributed by atoms with Crippen LogP contribution in [0.4, 0.5) is 17.1 Å². The van der Waals surface area contributed by atoms with E-state index in [0.717, 1.165) is 22.7 Å². The van der Waals surface area contributed by atoms with Gasteiger partial charge in [-0.3, -0.25) is 0 Å². The summed E-state index contributed by atoms with van der Waals surface area (Å²) in [5, 5.41) is 7.54. The Morgan fingerprint density at radius 3 is 1.45 bits per heavy atom. The Labute approximate surface area is 338 Å². The minimum Gasteiger partial charge on any atom is -0.310 e. The van der Waals surface area contributed by atoms with Crippen molar-refractivity contribution in [2.45, 2.75) is 0 Å². The van der Waals surface area contributed by atoms with Gasteiger partial charge >= 0.3 is 0 Å². The number of hydrogen-bond donors (Lipinski definition) is 0. The van der Waals surface area contributed by atoms with Crippen molar-refractivity contribution in [3.63, 3.8) is 0 Å². The van der Waals surface area contributed by atoms with E-state index in [4.69, 9.17) is 0 Å². The number of hydrogen-bond acceptors (Lipinski definition) is 1. The first-order chi connectivity index (χ1) is 28.7. The van der Waals surface area contributed by atoms with Gasteiger partial charge in [0.2, 0.25) is 0 Å². The van der Waals surface area contributed by atoms with Crippen molar-refractivity contribution >= 4 is 60.4 Å². The fourth-order valence-electron chi connectivity index (χ4n) is 8.61. The summed E-state index contributed by atoms with van der Waals surface area (Å²) in [5.74, 6) is 0. The molecule has 0 saturated carbocycles. The lowest BCUT2D eigenvalue weighted by Crippen LogP contribution is -2.10. The van der Waals surface area contributed by atoms with Gasteiger partial charge in [0, 0.05) is 33.5 Å². The Morgan fingerprint density at radius 2 is 0.759 bits per heavy atom. The molecule has 58 heavy (non-hydrogen) atoms. The second-order valence-corrected chi connectivity index (χ2v) is 15.0. The molecule has 2 nitrogen and oxygen atoms in total. The van der Waals surface area contributed by atoms with Crippen LogP contribution in [0, 0.1) is 0 Å². The zero-order valence-corrected chi connectivity index (χ0v) is 31.8. The predicted octanol–water partition coefficient (Wildman–Crippen LogP) is 15.6. The van der Waals surface area contributed by atoms with E-state index < -0.39 is 0 Å². The predicted molar refractivity (Wildman–Crippen MR) is 247 cm³/mol. The summed E-state index contributed by atoms with van der Waals surface area (Å²) < 4.78 is 2.40. The van der Waals surface area contributed by atoms with Gasteiger partial charge < -0.3 is 9.47 Å². The van der Waals surface area contributed by atoms with Crippen molar-refractivity contribution in [1.29, 1.82) is 0 Å². The number of nitrogens with zero attached hydrogens (tertiary/aromatic N) is 2. The Balaban J connectivity index is 0.958. The molecule has 0 saturated heterocycles. The van der Waals surface area contributed by atoms with Crippen LogP contribution in [0.2, 0.25) is 0 Å². The maximum absolute atomic E-state index is 2.40. The molecule has 0 aliphatic carbocycles. The molecule has 0 aliphatic heterocycles. The van der Waals surface area contributed by atoms with Gasteiger partial charge in [0.1, 0.15) is 0 Å². The molecule has 0 atom stereocenters. The molecule has 0 bridgehead atoms. The fourth-order valence-corrected chi connectivity index (χ4v) is 8.61. The van der Waals surface area contributed by atoms with Crippen molar-refractivity contribution in [2.24, 2.45) is 0 Å². The van der Waals surface area contributed by atoms with Crippen LogP contribution in [0.15, 0.2) is 231 Å². The Morgan fingerprint density at radius 1 is 0.259 bits per heavy atom. The van der Waals surface area contributed by atoms with Crippen molar-refractivity contribution in [2.75, 3.05) is 4.90 Å². The van der Waals surface area contributed by atoms with Gasteiger partial charge in [-0.05, 0) is 128 Å². The second kappa shape index (κ2) is 14.1. The molecule has 0 aliphatic rings. The van der Waals surface area contributed by atoms with Crippen molar-refractivity contribution < 1.29 is 0 Å². The SMILES string of the molecule is c1ccc(-c2ccc(N(c3ccc(-c4ccc(-n5c6ccccc6c6cc7ccccc7cc65)cc4)cc3)c3cccc(-c4ccc5ccccc5c4)c3)cc2)cc1. The summed E-state index contributed by atoms with van der Waals surface area (Å²) in [7, 11) is 0. The van der Waals surface area contributed by atoms with E-state index in [9.17, 15) is 0 Å². The zero-order chi connectivity index (χ0) is 38.4. The molecule has 11 aromatic rings. The molecule has 0 N–H and O–H groups in total. The summed E-state index contributed by atoms with van der Waals surface area (Å²) in [5.41, 5.74) is 14.0.